The first-order valence-electron chi connectivity index (χ1n) is 18.0. The summed E-state index contributed by atoms with van der Waals surface area (Å²) >= 11 is 0. The summed E-state index contributed by atoms with van der Waals surface area (Å²) in [6, 6.07) is 66.5. The molecule has 2 aliphatic heterocycles. The van der Waals surface area contributed by atoms with Crippen LogP contribution in [-0.2, 0) is 0 Å². The van der Waals surface area contributed by atoms with Gasteiger partial charge in [0.1, 0.15) is 23.0 Å². The third-order valence-corrected chi connectivity index (χ3v) is 10.7. The number of benzene rings is 8. The van der Waals surface area contributed by atoms with Crippen LogP contribution >= 0.6 is 0 Å². The zero-order valence-corrected chi connectivity index (χ0v) is 28.7. The molecule has 0 bridgehead atoms. The van der Waals surface area contributed by atoms with E-state index in [0.29, 0.717) is 0 Å². The molecule has 0 aliphatic carbocycles. The van der Waals surface area contributed by atoms with Gasteiger partial charge in [-0.2, -0.15) is 0 Å². The van der Waals surface area contributed by atoms with Gasteiger partial charge in [-0.25, -0.2) is 0 Å². The second kappa shape index (κ2) is 11.8. The van der Waals surface area contributed by atoms with Crippen molar-refractivity contribution in [3.63, 3.8) is 0 Å². The summed E-state index contributed by atoms with van der Waals surface area (Å²) in [5, 5.41) is 2.31. The number of nitrogens with zero attached hydrogens (tertiary/aromatic N) is 2. The second-order valence-electron chi connectivity index (χ2n) is 13.7. The fourth-order valence-corrected chi connectivity index (χ4v) is 8.39. The maximum absolute atomic E-state index is 6.81. The second-order valence-corrected chi connectivity index (χ2v) is 13.7. The Bertz CT molecular complexity index is 2800. The van der Waals surface area contributed by atoms with Crippen LogP contribution in [0.1, 0.15) is 0 Å². The van der Waals surface area contributed by atoms with Gasteiger partial charge in [0.2, 0.25) is 0 Å². The van der Waals surface area contributed by atoms with E-state index in [1.807, 2.05) is 6.07 Å². The highest BCUT2D eigenvalue weighted by Crippen LogP contribution is 2.43. The lowest BCUT2D eigenvalue weighted by Crippen LogP contribution is -2.57. The van der Waals surface area contributed by atoms with Crippen LogP contribution in [0, 0.1) is 0 Å². The number of hydrogen-bond acceptors (Lipinski definition) is 3. The molecule has 4 nitrogen and oxygen atoms in total. The smallest absolute Gasteiger partial charge is 0.260 e. The Balaban J connectivity index is 1.17. The van der Waals surface area contributed by atoms with E-state index in [4.69, 9.17) is 9.47 Å². The molecule has 8 aromatic carbocycles. The highest BCUT2D eigenvalue weighted by molar-refractivity contribution is 6.98. The van der Waals surface area contributed by atoms with Crippen molar-refractivity contribution in [2.75, 3.05) is 4.90 Å². The molecule has 0 unspecified atom stereocenters. The molecule has 0 amide bonds. The molecule has 1 aromatic heterocycles. The third kappa shape index (κ3) is 4.64. The van der Waals surface area contributed by atoms with Gasteiger partial charge in [-0.3, -0.25) is 0 Å². The highest BCUT2D eigenvalue weighted by atomic mass is 16.5. The zero-order valence-electron chi connectivity index (χ0n) is 28.7. The first-order valence-corrected chi connectivity index (χ1v) is 18.0. The maximum atomic E-state index is 6.81. The monoisotopic (exact) mass is 678 g/mol. The molecule has 0 saturated carbocycles. The van der Waals surface area contributed by atoms with Crippen molar-refractivity contribution in [1.29, 1.82) is 0 Å². The molecule has 0 radical (unpaired) electrons. The van der Waals surface area contributed by atoms with E-state index in [-0.39, 0.29) is 6.71 Å². The van der Waals surface area contributed by atoms with Crippen LogP contribution in [0.3, 0.4) is 0 Å². The molecule has 11 rings (SSSR count). The van der Waals surface area contributed by atoms with Gasteiger partial charge in [0.25, 0.3) is 6.71 Å². The molecule has 0 fully saturated rings. The standard InChI is InChI=1S/C48H31BN2O2/c1-5-15-32(16-6-1)37-23-13-24-40-48(37)53-45-26-14-25-44-47(45)49(40)41-31-43-39(30-46(41)52-44)38-28-27-36(29-42(38)51(43)35-21-11-4-12-22-35)50(33-17-7-2-8-18-33)34-19-9-3-10-20-34/h1-31H. The first kappa shape index (κ1) is 29.7. The van der Waals surface area contributed by atoms with Crippen LogP contribution in [-0.4, -0.2) is 11.3 Å². The number of ether oxygens (including phenoxy) is 2. The Morgan fingerprint density at radius 3 is 1.77 bits per heavy atom. The Morgan fingerprint density at radius 2 is 1.06 bits per heavy atom. The molecule has 0 spiro atoms. The van der Waals surface area contributed by atoms with Crippen LogP contribution in [0.5, 0.6) is 23.0 Å². The molecule has 3 heterocycles. The molecule has 248 valence electrons. The van der Waals surface area contributed by atoms with Crippen molar-refractivity contribution in [3.05, 3.63) is 188 Å². The van der Waals surface area contributed by atoms with Gasteiger partial charge in [0, 0.05) is 44.5 Å². The molecule has 9 aromatic rings. The SMILES string of the molecule is c1ccc(-c2cccc3c2Oc2cccc4c2B3c2cc3c(cc2O4)c2ccc(N(c4ccccc4)c4ccccc4)cc2n3-c2ccccc2)cc1. The third-order valence-electron chi connectivity index (χ3n) is 10.7. The highest BCUT2D eigenvalue weighted by Gasteiger charge is 2.41. The normalized spacial score (nSPS) is 12.4. The average molecular weight is 679 g/mol. The minimum Gasteiger partial charge on any atom is -0.458 e. The predicted molar refractivity (Wildman–Crippen MR) is 219 cm³/mol. The van der Waals surface area contributed by atoms with E-state index >= 15 is 0 Å². The summed E-state index contributed by atoms with van der Waals surface area (Å²) in [7, 11) is 0. The molecule has 5 heteroatoms. The van der Waals surface area contributed by atoms with Crippen molar-refractivity contribution in [1.82, 2.24) is 4.57 Å². The zero-order chi connectivity index (χ0) is 34.9. The lowest BCUT2D eigenvalue weighted by molar-refractivity contribution is 0.465. The minimum atomic E-state index is -0.0637. The summed E-state index contributed by atoms with van der Waals surface area (Å²) in [5.74, 6) is 3.45. The Labute approximate surface area is 307 Å². The summed E-state index contributed by atoms with van der Waals surface area (Å²) in [4.78, 5) is 2.32. The molecule has 0 atom stereocenters. The van der Waals surface area contributed by atoms with Crippen LogP contribution in [0.25, 0.3) is 38.6 Å². The van der Waals surface area contributed by atoms with Crippen molar-refractivity contribution in [2.45, 2.75) is 0 Å². The van der Waals surface area contributed by atoms with Gasteiger partial charge < -0.3 is 18.9 Å². The number of hydrogen-bond donors (Lipinski definition) is 0. The number of fused-ring (bicyclic) bond motifs is 7. The molecule has 0 N–H and O–H groups in total. The summed E-state index contributed by atoms with van der Waals surface area (Å²) < 4.78 is 16.0. The van der Waals surface area contributed by atoms with Crippen LogP contribution in [0.4, 0.5) is 17.1 Å². The van der Waals surface area contributed by atoms with Gasteiger partial charge in [-0.15, -0.1) is 0 Å². The average Bonchev–Trinajstić information content (AvgIpc) is 3.53. The predicted octanol–water partition coefficient (Wildman–Crippen LogP) is 10.6. The Hall–Kier alpha value is -6.98. The molecule has 2 aliphatic rings. The van der Waals surface area contributed by atoms with Crippen LogP contribution in [0.2, 0.25) is 0 Å². The number of para-hydroxylation sites is 4. The maximum Gasteiger partial charge on any atom is 0.260 e. The quantitative estimate of drug-likeness (QED) is 0.170. The van der Waals surface area contributed by atoms with Crippen LogP contribution < -0.4 is 30.8 Å². The van der Waals surface area contributed by atoms with Gasteiger partial charge in [0.15, 0.2) is 0 Å². The lowest BCUT2D eigenvalue weighted by atomic mass is 9.34. The van der Waals surface area contributed by atoms with E-state index in [1.165, 1.54) is 5.39 Å². The topological polar surface area (TPSA) is 26.6 Å². The summed E-state index contributed by atoms with van der Waals surface area (Å²) in [5.41, 5.74) is 12.2. The number of anilines is 3. The summed E-state index contributed by atoms with van der Waals surface area (Å²) in [6.45, 7) is -0.0637. The van der Waals surface area contributed by atoms with E-state index in [9.17, 15) is 0 Å². The van der Waals surface area contributed by atoms with E-state index in [0.717, 1.165) is 89.7 Å². The van der Waals surface area contributed by atoms with E-state index < -0.39 is 0 Å². The summed E-state index contributed by atoms with van der Waals surface area (Å²) in [6.07, 6.45) is 0. The van der Waals surface area contributed by atoms with Crippen molar-refractivity contribution in [3.8, 4) is 39.8 Å². The van der Waals surface area contributed by atoms with Crippen molar-refractivity contribution in [2.24, 2.45) is 0 Å². The molecular weight excluding hydrogens is 647 g/mol. The Morgan fingerprint density at radius 1 is 0.434 bits per heavy atom. The fraction of sp³-hybridized carbons (Fsp3) is 0. The minimum absolute atomic E-state index is 0.0637. The number of aromatic nitrogens is 1. The van der Waals surface area contributed by atoms with Crippen molar-refractivity contribution >= 4 is 62.0 Å². The first-order chi connectivity index (χ1) is 26.3. The van der Waals surface area contributed by atoms with Gasteiger partial charge in [-0.1, -0.05) is 115 Å². The largest absolute Gasteiger partial charge is 0.458 e. The molecule has 0 saturated heterocycles. The van der Waals surface area contributed by atoms with Gasteiger partial charge in [0.05, 0.1) is 11.0 Å². The van der Waals surface area contributed by atoms with Crippen LogP contribution in [0.15, 0.2) is 188 Å². The lowest BCUT2D eigenvalue weighted by Gasteiger charge is -2.33. The molecule has 53 heavy (non-hydrogen) atoms. The van der Waals surface area contributed by atoms with Crippen molar-refractivity contribution < 1.29 is 9.47 Å². The van der Waals surface area contributed by atoms with E-state index in [2.05, 4.69) is 191 Å². The Kier molecular flexibility index (Phi) is 6.61. The van der Waals surface area contributed by atoms with Gasteiger partial charge >= 0.3 is 0 Å². The number of rotatable bonds is 5. The van der Waals surface area contributed by atoms with E-state index in [1.54, 1.807) is 0 Å². The molecular formula is C48H31BN2O2. The fourth-order valence-electron chi connectivity index (χ4n) is 8.39. The van der Waals surface area contributed by atoms with Gasteiger partial charge in [-0.05, 0) is 89.3 Å².